The van der Waals surface area contributed by atoms with Crippen LogP contribution in [0.5, 0.6) is 0 Å². The van der Waals surface area contributed by atoms with E-state index >= 15 is 0 Å². The van der Waals surface area contributed by atoms with E-state index in [-0.39, 0.29) is 5.54 Å². The van der Waals surface area contributed by atoms with E-state index in [2.05, 4.69) is 53.0 Å². The first-order valence-corrected chi connectivity index (χ1v) is 7.57. The Balaban J connectivity index is 1.68. The largest absolute Gasteiger partial charge is 0.337 e. The van der Waals surface area contributed by atoms with Crippen molar-refractivity contribution in [2.75, 3.05) is 0 Å². The van der Waals surface area contributed by atoms with Crippen LogP contribution in [-0.2, 0) is 19.1 Å². The summed E-state index contributed by atoms with van der Waals surface area (Å²) in [7, 11) is 2.05. The van der Waals surface area contributed by atoms with Crippen LogP contribution in [0.3, 0.4) is 0 Å². The molecule has 2 aromatic rings. The SMILES string of the molecule is Cn1ccnc1C(NCc1cn(C(C)(C)C)nn1)C1CC1. The summed E-state index contributed by atoms with van der Waals surface area (Å²) in [5, 5.41) is 12.1. The van der Waals surface area contributed by atoms with Gasteiger partial charge in [0.05, 0.1) is 23.5 Å². The summed E-state index contributed by atoms with van der Waals surface area (Å²) < 4.78 is 4.01. The molecule has 2 heterocycles. The molecule has 114 valence electrons. The second-order valence-corrected chi connectivity index (χ2v) is 6.92. The predicted molar refractivity (Wildman–Crippen MR) is 80.5 cm³/mol. The molecule has 0 bridgehead atoms. The van der Waals surface area contributed by atoms with Crippen LogP contribution in [0.2, 0.25) is 0 Å². The lowest BCUT2D eigenvalue weighted by molar-refractivity contribution is 0.346. The summed E-state index contributed by atoms with van der Waals surface area (Å²) in [6.07, 6.45) is 8.44. The monoisotopic (exact) mass is 288 g/mol. The van der Waals surface area contributed by atoms with Gasteiger partial charge < -0.3 is 9.88 Å². The molecule has 2 aromatic heterocycles. The second kappa shape index (κ2) is 5.26. The number of nitrogens with zero attached hydrogens (tertiary/aromatic N) is 5. The Morgan fingerprint density at radius 2 is 2.14 bits per heavy atom. The maximum Gasteiger partial charge on any atom is 0.125 e. The highest BCUT2D eigenvalue weighted by Gasteiger charge is 2.34. The van der Waals surface area contributed by atoms with E-state index in [0.29, 0.717) is 12.0 Å². The van der Waals surface area contributed by atoms with Crippen molar-refractivity contribution in [2.45, 2.75) is 51.7 Å². The van der Waals surface area contributed by atoms with E-state index in [0.717, 1.165) is 18.1 Å². The van der Waals surface area contributed by atoms with Crippen molar-refractivity contribution in [1.29, 1.82) is 0 Å². The van der Waals surface area contributed by atoms with E-state index in [1.54, 1.807) is 0 Å². The molecule has 6 nitrogen and oxygen atoms in total. The van der Waals surface area contributed by atoms with Crippen molar-refractivity contribution in [3.8, 4) is 0 Å². The topological polar surface area (TPSA) is 60.6 Å². The van der Waals surface area contributed by atoms with Crippen LogP contribution in [0.15, 0.2) is 18.6 Å². The molecule has 1 atom stereocenters. The number of rotatable bonds is 5. The molecule has 1 unspecified atom stereocenters. The maximum absolute atomic E-state index is 4.49. The Labute approximate surface area is 125 Å². The molecule has 0 saturated heterocycles. The van der Waals surface area contributed by atoms with Crippen molar-refractivity contribution in [3.63, 3.8) is 0 Å². The van der Waals surface area contributed by atoms with Crippen LogP contribution in [-0.4, -0.2) is 24.5 Å². The second-order valence-electron chi connectivity index (χ2n) is 6.92. The fourth-order valence-electron chi connectivity index (χ4n) is 2.50. The van der Waals surface area contributed by atoms with Crippen LogP contribution in [0.25, 0.3) is 0 Å². The molecule has 1 aliphatic carbocycles. The zero-order valence-electron chi connectivity index (χ0n) is 13.2. The molecular weight excluding hydrogens is 264 g/mol. The van der Waals surface area contributed by atoms with Crippen molar-refractivity contribution >= 4 is 0 Å². The van der Waals surface area contributed by atoms with E-state index < -0.39 is 0 Å². The molecule has 1 fully saturated rings. The summed E-state index contributed by atoms with van der Waals surface area (Å²) in [6, 6.07) is 0.310. The van der Waals surface area contributed by atoms with Gasteiger partial charge in [0.15, 0.2) is 0 Å². The Kier molecular flexibility index (Phi) is 3.57. The third-order valence-electron chi connectivity index (χ3n) is 3.96. The standard InChI is InChI=1S/C15H24N6/c1-15(2,3)21-10-12(18-19-21)9-17-13(11-5-6-11)14-16-7-8-20(14)4/h7-8,10-11,13,17H,5-6,9H2,1-4H3. The zero-order valence-corrected chi connectivity index (χ0v) is 13.2. The van der Waals surface area contributed by atoms with Crippen LogP contribution in [0, 0.1) is 5.92 Å². The van der Waals surface area contributed by atoms with Crippen LogP contribution < -0.4 is 5.32 Å². The number of hydrogen-bond acceptors (Lipinski definition) is 4. The summed E-state index contributed by atoms with van der Waals surface area (Å²) in [4.78, 5) is 4.49. The van der Waals surface area contributed by atoms with Gasteiger partial charge in [-0.25, -0.2) is 9.67 Å². The Bertz CT molecular complexity index is 602. The molecule has 0 amide bonds. The number of hydrogen-bond donors (Lipinski definition) is 1. The third-order valence-corrected chi connectivity index (χ3v) is 3.96. The van der Waals surface area contributed by atoms with Crippen molar-refractivity contribution in [1.82, 2.24) is 29.9 Å². The van der Waals surface area contributed by atoms with Crippen molar-refractivity contribution in [2.24, 2.45) is 13.0 Å². The lowest BCUT2D eigenvalue weighted by atomic mass is 10.1. The normalized spacial score (nSPS) is 17.1. The molecule has 0 aromatic carbocycles. The molecule has 21 heavy (non-hydrogen) atoms. The molecular formula is C15H24N6. The fraction of sp³-hybridized carbons (Fsp3) is 0.667. The van der Waals surface area contributed by atoms with Gasteiger partial charge >= 0.3 is 0 Å². The number of aryl methyl sites for hydroxylation is 1. The van der Waals surface area contributed by atoms with Gasteiger partial charge in [0.2, 0.25) is 0 Å². The van der Waals surface area contributed by atoms with Gasteiger partial charge in [-0.2, -0.15) is 0 Å². The Hall–Kier alpha value is -1.69. The highest BCUT2D eigenvalue weighted by Crippen LogP contribution is 2.40. The smallest absolute Gasteiger partial charge is 0.125 e. The summed E-state index contributed by atoms with van der Waals surface area (Å²) >= 11 is 0. The molecule has 6 heteroatoms. The van der Waals surface area contributed by atoms with Gasteiger partial charge in [0.1, 0.15) is 5.82 Å². The fourth-order valence-corrected chi connectivity index (χ4v) is 2.50. The molecule has 0 aliphatic heterocycles. The van der Waals surface area contributed by atoms with Gasteiger partial charge in [0, 0.05) is 26.0 Å². The summed E-state index contributed by atoms with van der Waals surface area (Å²) in [5.41, 5.74) is 0.950. The first-order valence-electron chi connectivity index (χ1n) is 7.57. The Morgan fingerprint density at radius 3 is 2.67 bits per heavy atom. The van der Waals surface area contributed by atoms with Gasteiger partial charge in [-0.05, 0) is 39.5 Å². The minimum absolute atomic E-state index is 0.0270. The van der Waals surface area contributed by atoms with Gasteiger partial charge in [-0.3, -0.25) is 0 Å². The highest BCUT2D eigenvalue weighted by atomic mass is 15.4. The van der Waals surface area contributed by atoms with E-state index in [4.69, 9.17) is 0 Å². The third kappa shape index (κ3) is 3.15. The first-order chi connectivity index (χ1) is 9.95. The van der Waals surface area contributed by atoms with Gasteiger partial charge in [-0.15, -0.1) is 5.10 Å². The number of aromatic nitrogens is 5. The van der Waals surface area contributed by atoms with Gasteiger partial charge in [0.25, 0.3) is 0 Å². The summed E-state index contributed by atoms with van der Waals surface area (Å²) in [6.45, 7) is 7.10. The van der Waals surface area contributed by atoms with E-state index in [1.807, 2.05) is 23.3 Å². The lowest BCUT2D eigenvalue weighted by Gasteiger charge is -2.18. The highest BCUT2D eigenvalue weighted by molar-refractivity contribution is 5.06. The molecule has 0 radical (unpaired) electrons. The average molecular weight is 288 g/mol. The molecule has 3 rings (SSSR count). The number of imidazole rings is 1. The molecule has 1 N–H and O–H groups in total. The Morgan fingerprint density at radius 1 is 1.38 bits per heavy atom. The van der Waals surface area contributed by atoms with E-state index in [9.17, 15) is 0 Å². The predicted octanol–water partition coefficient (Wildman–Crippen LogP) is 2.01. The summed E-state index contributed by atoms with van der Waals surface area (Å²) in [5.74, 6) is 1.81. The van der Waals surface area contributed by atoms with Crippen LogP contribution in [0.1, 0.15) is 51.2 Å². The van der Waals surface area contributed by atoms with Crippen molar-refractivity contribution in [3.05, 3.63) is 30.1 Å². The first kappa shape index (κ1) is 14.3. The average Bonchev–Trinajstić information content (AvgIpc) is 2.96. The van der Waals surface area contributed by atoms with Gasteiger partial charge in [-0.1, -0.05) is 5.21 Å². The molecule has 1 aliphatic rings. The van der Waals surface area contributed by atoms with Crippen LogP contribution >= 0.6 is 0 Å². The van der Waals surface area contributed by atoms with Crippen LogP contribution in [0.4, 0.5) is 0 Å². The zero-order chi connectivity index (χ0) is 15.0. The minimum atomic E-state index is -0.0270. The maximum atomic E-state index is 4.49. The van der Waals surface area contributed by atoms with E-state index in [1.165, 1.54) is 12.8 Å². The molecule has 1 saturated carbocycles. The molecule has 0 spiro atoms. The van der Waals surface area contributed by atoms with Crippen molar-refractivity contribution < 1.29 is 0 Å². The lowest BCUT2D eigenvalue weighted by Crippen LogP contribution is -2.25. The number of nitrogens with one attached hydrogen (secondary N) is 1. The minimum Gasteiger partial charge on any atom is -0.337 e. The quantitative estimate of drug-likeness (QED) is 0.914.